The minimum absolute atomic E-state index is 0.188. The summed E-state index contributed by atoms with van der Waals surface area (Å²) in [6.45, 7) is 6.87. The first-order chi connectivity index (χ1) is 9.95. The zero-order chi connectivity index (χ0) is 15.4. The third kappa shape index (κ3) is 4.65. The molecule has 0 saturated heterocycles. The van der Waals surface area contributed by atoms with Gasteiger partial charge in [-0.05, 0) is 62.2 Å². The number of benzene rings is 2. The molecular weight excluding hydrogens is 350 g/mol. The lowest BCUT2D eigenvalue weighted by Crippen LogP contribution is -2.06. The Labute approximate surface area is 139 Å². The molecule has 0 aliphatic rings. The van der Waals surface area contributed by atoms with Gasteiger partial charge >= 0.3 is 0 Å². The highest BCUT2D eigenvalue weighted by molar-refractivity contribution is 9.10. The van der Waals surface area contributed by atoms with E-state index in [0.717, 1.165) is 27.5 Å². The van der Waals surface area contributed by atoms with E-state index in [1.165, 1.54) is 11.1 Å². The first kappa shape index (κ1) is 16.2. The van der Waals surface area contributed by atoms with Crippen molar-refractivity contribution in [1.29, 1.82) is 0 Å². The van der Waals surface area contributed by atoms with Gasteiger partial charge in [-0.2, -0.15) is 0 Å². The normalized spacial score (nSPS) is 10.8. The Kier molecular flexibility index (Phi) is 5.54. The van der Waals surface area contributed by atoms with E-state index in [-0.39, 0.29) is 6.10 Å². The van der Waals surface area contributed by atoms with Crippen molar-refractivity contribution in [2.24, 2.45) is 0 Å². The summed E-state index contributed by atoms with van der Waals surface area (Å²) in [5, 5.41) is 4.17. The molecule has 2 aromatic carbocycles. The van der Waals surface area contributed by atoms with Crippen LogP contribution in [0.4, 0.5) is 5.69 Å². The predicted octanol–water partition coefficient (Wildman–Crippen LogP) is 5.81. The fourth-order valence-electron chi connectivity index (χ4n) is 2.04. The van der Waals surface area contributed by atoms with Crippen LogP contribution < -0.4 is 10.1 Å². The van der Waals surface area contributed by atoms with Gasteiger partial charge in [-0.25, -0.2) is 0 Å². The van der Waals surface area contributed by atoms with Gasteiger partial charge in [0.2, 0.25) is 0 Å². The van der Waals surface area contributed by atoms with E-state index in [4.69, 9.17) is 16.3 Å². The molecule has 0 spiro atoms. The molecule has 0 heterocycles. The van der Waals surface area contributed by atoms with E-state index in [0.29, 0.717) is 0 Å². The summed E-state index contributed by atoms with van der Waals surface area (Å²) in [4.78, 5) is 0. The lowest BCUT2D eigenvalue weighted by molar-refractivity contribution is 0.242. The third-order valence-electron chi connectivity index (χ3n) is 3.05. The Morgan fingerprint density at radius 2 is 1.95 bits per heavy atom. The maximum absolute atomic E-state index is 5.95. The second-order valence-corrected chi connectivity index (χ2v) is 6.52. The fourth-order valence-corrected chi connectivity index (χ4v) is 2.86. The predicted molar refractivity (Wildman–Crippen MR) is 93.4 cm³/mol. The van der Waals surface area contributed by atoms with Crippen molar-refractivity contribution >= 4 is 33.2 Å². The van der Waals surface area contributed by atoms with Crippen molar-refractivity contribution in [3.05, 3.63) is 57.0 Å². The van der Waals surface area contributed by atoms with E-state index in [1.807, 2.05) is 38.1 Å². The van der Waals surface area contributed by atoms with Crippen LogP contribution in [0.2, 0.25) is 5.02 Å². The molecule has 0 aromatic heterocycles. The summed E-state index contributed by atoms with van der Waals surface area (Å²) in [6, 6.07) is 11.9. The highest BCUT2D eigenvalue weighted by Crippen LogP contribution is 2.25. The van der Waals surface area contributed by atoms with Crippen LogP contribution in [0.3, 0.4) is 0 Å². The van der Waals surface area contributed by atoms with Gasteiger partial charge in [-0.1, -0.05) is 33.6 Å². The average Bonchev–Trinajstić information content (AvgIpc) is 2.39. The molecule has 0 amide bonds. The Hall–Kier alpha value is -1.19. The second kappa shape index (κ2) is 7.19. The average molecular weight is 369 g/mol. The monoisotopic (exact) mass is 367 g/mol. The molecule has 0 fully saturated rings. The molecule has 112 valence electrons. The minimum atomic E-state index is 0.188. The Morgan fingerprint density at radius 3 is 2.57 bits per heavy atom. The van der Waals surface area contributed by atoms with E-state index in [9.17, 15) is 0 Å². The number of rotatable bonds is 5. The lowest BCUT2D eigenvalue weighted by Gasteiger charge is -2.14. The molecule has 0 radical (unpaired) electrons. The number of aryl methyl sites for hydroxylation is 1. The van der Waals surface area contributed by atoms with Gasteiger partial charge < -0.3 is 10.1 Å². The van der Waals surface area contributed by atoms with Crippen LogP contribution in [0.5, 0.6) is 5.75 Å². The van der Waals surface area contributed by atoms with Crippen LogP contribution in [-0.4, -0.2) is 6.10 Å². The Morgan fingerprint density at radius 1 is 1.19 bits per heavy atom. The van der Waals surface area contributed by atoms with Crippen molar-refractivity contribution in [3.8, 4) is 5.75 Å². The maximum Gasteiger partial charge on any atom is 0.120 e. The molecule has 0 aliphatic heterocycles. The fraction of sp³-hybridized carbons (Fsp3) is 0.294. The smallest absolute Gasteiger partial charge is 0.120 e. The molecule has 4 heteroatoms. The van der Waals surface area contributed by atoms with E-state index < -0.39 is 0 Å². The standard InChI is InChI=1S/C17H19BrClNO/c1-11(2)21-15-6-7-17(12(3)8-15)20-10-13-4-5-14(19)9-16(13)18/h4-9,11,20H,10H2,1-3H3. The molecule has 2 rings (SSSR count). The molecule has 21 heavy (non-hydrogen) atoms. The van der Waals surface area contributed by atoms with Gasteiger partial charge in [0.15, 0.2) is 0 Å². The molecule has 0 atom stereocenters. The minimum Gasteiger partial charge on any atom is -0.491 e. The molecule has 2 nitrogen and oxygen atoms in total. The van der Waals surface area contributed by atoms with Gasteiger partial charge in [-0.3, -0.25) is 0 Å². The van der Waals surface area contributed by atoms with Crippen molar-refractivity contribution in [2.75, 3.05) is 5.32 Å². The van der Waals surface area contributed by atoms with Gasteiger partial charge in [0.25, 0.3) is 0 Å². The quantitative estimate of drug-likeness (QED) is 0.719. The van der Waals surface area contributed by atoms with Crippen molar-refractivity contribution in [2.45, 2.75) is 33.4 Å². The summed E-state index contributed by atoms with van der Waals surface area (Å²) in [7, 11) is 0. The maximum atomic E-state index is 5.95. The molecule has 0 unspecified atom stereocenters. The molecular formula is C17H19BrClNO. The number of anilines is 1. The second-order valence-electron chi connectivity index (χ2n) is 5.23. The SMILES string of the molecule is Cc1cc(OC(C)C)ccc1NCc1ccc(Cl)cc1Br. The number of hydrogen-bond donors (Lipinski definition) is 1. The number of nitrogens with one attached hydrogen (secondary N) is 1. The summed E-state index contributed by atoms with van der Waals surface area (Å²) in [6.07, 6.45) is 0.188. The molecule has 2 aromatic rings. The van der Waals surface area contributed by atoms with Gasteiger partial charge in [-0.15, -0.1) is 0 Å². The third-order valence-corrected chi connectivity index (χ3v) is 4.03. The van der Waals surface area contributed by atoms with E-state index in [1.54, 1.807) is 0 Å². The van der Waals surface area contributed by atoms with Gasteiger partial charge in [0.05, 0.1) is 6.10 Å². The van der Waals surface area contributed by atoms with Crippen LogP contribution in [-0.2, 0) is 6.54 Å². The van der Waals surface area contributed by atoms with Crippen LogP contribution in [0, 0.1) is 6.92 Å². The summed E-state index contributed by atoms with van der Waals surface area (Å²) in [5.74, 6) is 0.903. The Bertz CT molecular complexity index is 628. The van der Waals surface area contributed by atoms with Crippen LogP contribution in [0.15, 0.2) is 40.9 Å². The molecule has 0 aliphatic carbocycles. The molecule has 0 bridgehead atoms. The van der Waals surface area contributed by atoms with Crippen molar-refractivity contribution < 1.29 is 4.74 Å². The van der Waals surface area contributed by atoms with Gasteiger partial charge in [0, 0.05) is 21.7 Å². The first-order valence-electron chi connectivity index (χ1n) is 6.91. The number of halogens is 2. The van der Waals surface area contributed by atoms with Crippen LogP contribution >= 0.6 is 27.5 Å². The van der Waals surface area contributed by atoms with Gasteiger partial charge in [0.1, 0.15) is 5.75 Å². The zero-order valence-corrected chi connectivity index (χ0v) is 14.8. The molecule has 0 saturated carbocycles. The van der Waals surface area contributed by atoms with Crippen molar-refractivity contribution in [1.82, 2.24) is 0 Å². The molecule has 1 N–H and O–H groups in total. The van der Waals surface area contributed by atoms with Crippen molar-refractivity contribution in [3.63, 3.8) is 0 Å². The summed E-state index contributed by atoms with van der Waals surface area (Å²) in [5.41, 5.74) is 3.44. The topological polar surface area (TPSA) is 21.3 Å². The Balaban J connectivity index is 2.06. The van der Waals surface area contributed by atoms with E-state index in [2.05, 4.69) is 40.3 Å². The zero-order valence-electron chi connectivity index (χ0n) is 12.4. The van der Waals surface area contributed by atoms with Crippen LogP contribution in [0.25, 0.3) is 0 Å². The summed E-state index contributed by atoms with van der Waals surface area (Å²) >= 11 is 9.49. The summed E-state index contributed by atoms with van der Waals surface area (Å²) < 4.78 is 6.71. The highest BCUT2D eigenvalue weighted by atomic mass is 79.9. The van der Waals surface area contributed by atoms with Crippen LogP contribution in [0.1, 0.15) is 25.0 Å². The largest absolute Gasteiger partial charge is 0.491 e. The highest BCUT2D eigenvalue weighted by Gasteiger charge is 2.04. The lowest BCUT2D eigenvalue weighted by atomic mass is 10.1. The first-order valence-corrected chi connectivity index (χ1v) is 8.08. The number of ether oxygens (including phenoxy) is 1. The number of hydrogen-bond acceptors (Lipinski definition) is 2. The van der Waals surface area contributed by atoms with E-state index >= 15 is 0 Å².